The lowest BCUT2D eigenvalue weighted by molar-refractivity contribution is -0.117. The number of Topliss-reactive ketones (excluding diaryl/α,β-unsaturated/α-hetero) is 2. The second-order valence-electron chi connectivity index (χ2n) is 6.57. The second kappa shape index (κ2) is 4.75. The van der Waals surface area contributed by atoms with Crippen LogP contribution in [0.2, 0.25) is 0 Å². The van der Waals surface area contributed by atoms with Crippen LogP contribution in [-0.4, -0.2) is 11.6 Å². The Labute approximate surface area is 138 Å². The van der Waals surface area contributed by atoms with Crippen LogP contribution in [0, 0.1) is 0 Å². The summed E-state index contributed by atoms with van der Waals surface area (Å²) in [4.78, 5) is 23.9. The first-order chi connectivity index (χ1) is 11.7. The Bertz CT molecular complexity index is 1180. The molecule has 0 saturated carbocycles. The maximum Gasteiger partial charge on any atom is 0.170 e. The summed E-state index contributed by atoms with van der Waals surface area (Å²) in [5.74, 6) is -0.0413. The summed E-state index contributed by atoms with van der Waals surface area (Å²) >= 11 is 0. The molecule has 4 aromatic rings. The van der Waals surface area contributed by atoms with Crippen molar-refractivity contribution in [2.24, 2.45) is 0 Å². The maximum absolute atomic E-state index is 12.2. The SMILES string of the molecule is O=C1CC(=O)c2cc3cc4cc5ccccc5cc4cc3cc2C1. The van der Waals surface area contributed by atoms with Crippen LogP contribution in [0.5, 0.6) is 0 Å². The molecule has 0 saturated heterocycles. The third-order valence-corrected chi connectivity index (χ3v) is 4.93. The molecule has 0 spiro atoms. The third-order valence-electron chi connectivity index (χ3n) is 4.93. The summed E-state index contributed by atoms with van der Waals surface area (Å²) in [5, 5.41) is 6.91. The molecule has 0 unspecified atom stereocenters. The Morgan fingerprint density at radius 3 is 1.79 bits per heavy atom. The van der Waals surface area contributed by atoms with Crippen molar-refractivity contribution in [3.8, 4) is 0 Å². The molecule has 0 aromatic heterocycles. The van der Waals surface area contributed by atoms with Gasteiger partial charge in [0.15, 0.2) is 5.78 Å². The Balaban J connectivity index is 1.83. The Morgan fingerprint density at radius 1 is 0.583 bits per heavy atom. The first-order valence-electron chi connectivity index (χ1n) is 8.11. The van der Waals surface area contributed by atoms with Crippen LogP contribution in [0.1, 0.15) is 22.3 Å². The molecule has 0 atom stereocenters. The van der Waals surface area contributed by atoms with Gasteiger partial charge in [-0.2, -0.15) is 0 Å². The molecule has 2 nitrogen and oxygen atoms in total. The molecule has 5 rings (SSSR count). The van der Waals surface area contributed by atoms with Crippen LogP contribution < -0.4 is 0 Å². The van der Waals surface area contributed by atoms with Crippen LogP contribution in [-0.2, 0) is 11.2 Å². The van der Waals surface area contributed by atoms with E-state index in [2.05, 4.69) is 36.4 Å². The van der Waals surface area contributed by atoms with Crippen molar-refractivity contribution in [3.63, 3.8) is 0 Å². The monoisotopic (exact) mass is 310 g/mol. The van der Waals surface area contributed by atoms with Gasteiger partial charge in [0.1, 0.15) is 5.78 Å². The summed E-state index contributed by atoms with van der Waals surface area (Å²) < 4.78 is 0. The van der Waals surface area contributed by atoms with Gasteiger partial charge in [-0.1, -0.05) is 24.3 Å². The van der Waals surface area contributed by atoms with E-state index in [4.69, 9.17) is 0 Å². The molecule has 0 aliphatic heterocycles. The molecule has 0 amide bonds. The number of benzene rings is 4. The average molecular weight is 310 g/mol. The Hall–Kier alpha value is -3.00. The minimum atomic E-state index is -0.0539. The lowest BCUT2D eigenvalue weighted by Gasteiger charge is -2.15. The fraction of sp³-hybridized carbons (Fsp3) is 0.0909. The van der Waals surface area contributed by atoms with Gasteiger partial charge in [-0.3, -0.25) is 9.59 Å². The first-order valence-corrected chi connectivity index (χ1v) is 8.11. The van der Waals surface area contributed by atoms with E-state index >= 15 is 0 Å². The van der Waals surface area contributed by atoms with Crippen molar-refractivity contribution in [1.82, 2.24) is 0 Å². The van der Waals surface area contributed by atoms with Gasteiger partial charge >= 0.3 is 0 Å². The van der Waals surface area contributed by atoms with Gasteiger partial charge in [-0.05, 0) is 74.3 Å². The summed E-state index contributed by atoms with van der Waals surface area (Å²) in [6.45, 7) is 0. The Kier molecular flexibility index (Phi) is 2.66. The topological polar surface area (TPSA) is 34.1 Å². The van der Waals surface area contributed by atoms with E-state index < -0.39 is 0 Å². The van der Waals surface area contributed by atoms with Crippen LogP contribution in [0.25, 0.3) is 32.3 Å². The molecule has 1 aliphatic carbocycles. The van der Waals surface area contributed by atoms with Crippen molar-refractivity contribution >= 4 is 43.9 Å². The van der Waals surface area contributed by atoms with Crippen molar-refractivity contribution in [2.45, 2.75) is 12.8 Å². The predicted octanol–water partition coefficient (Wildman–Crippen LogP) is 4.84. The van der Waals surface area contributed by atoms with E-state index in [0.29, 0.717) is 12.0 Å². The molecule has 2 heteroatoms. The van der Waals surface area contributed by atoms with Crippen LogP contribution in [0.3, 0.4) is 0 Å². The number of hydrogen-bond donors (Lipinski definition) is 0. The molecule has 4 aromatic carbocycles. The molecule has 0 radical (unpaired) electrons. The number of carbonyl (C=O) groups is 2. The standard InChI is InChI=1S/C22H14O2/c23-20-10-19-9-17-7-15-5-13-3-1-2-4-14(13)6-16(15)8-18(17)11-21(19)22(24)12-20/h1-9,11H,10,12H2. The zero-order chi connectivity index (χ0) is 16.3. The zero-order valence-electron chi connectivity index (χ0n) is 13.0. The highest BCUT2D eigenvalue weighted by Gasteiger charge is 2.23. The van der Waals surface area contributed by atoms with Crippen molar-refractivity contribution < 1.29 is 9.59 Å². The van der Waals surface area contributed by atoms with Gasteiger partial charge in [0.2, 0.25) is 0 Å². The lowest BCUT2D eigenvalue weighted by Crippen LogP contribution is -2.19. The van der Waals surface area contributed by atoms with E-state index in [0.717, 1.165) is 16.3 Å². The van der Waals surface area contributed by atoms with Gasteiger partial charge in [-0.15, -0.1) is 0 Å². The normalized spacial score (nSPS) is 14.5. The van der Waals surface area contributed by atoms with E-state index in [9.17, 15) is 9.59 Å². The number of fused-ring (bicyclic) bond motifs is 4. The van der Waals surface area contributed by atoms with Crippen molar-refractivity contribution in [1.29, 1.82) is 0 Å². The van der Waals surface area contributed by atoms with Crippen LogP contribution in [0.15, 0.2) is 60.7 Å². The smallest absolute Gasteiger partial charge is 0.170 e. The van der Waals surface area contributed by atoms with E-state index in [1.54, 1.807) is 0 Å². The number of carbonyl (C=O) groups excluding carboxylic acids is 2. The largest absolute Gasteiger partial charge is 0.299 e. The van der Waals surface area contributed by atoms with Gasteiger partial charge in [0, 0.05) is 12.0 Å². The highest BCUT2D eigenvalue weighted by atomic mass is 16.1. The molecule has 0 bridgehead atoms. The number of ketones is 2. The highest BCUT2D eigenvalue weighted by molar-refractivity contribution is 6.15. The molecule has 1 aliphatic rings. The molecule has 0 heterocycles. The summed E-state index contributed by atoms with van der Waals surface area (Å²) in [6.07, 6.45) is 0.406. The molecule has 114 valence electrons. The molecule has 0 N–H and O–H groups in total. The predicted molar refractivity (Wildman–Crippen MR) is 96.6 cm³/mol. The third kappa shape index (κ3) is 1.96. The minimum absolute atomic E-state index is 0.0126. The molecule has 0 fully saturated rings. The van der Waals surface area contributed by atoms with Gasteiger partial charge in [-0.25, -0.2) is 0 Å². The Morgan fingerprint density at radius 2 is 1.12 bits per heavy atom. The fourth-order valence-corrected chi connectivity index (χ4v) is 3.75. The van der Waals surface area contributed by atoms with Gasteiger partial charge in [0.05, 0.1) is 6.42 Å². The van der Waals surface area contributed by atoms with E-state index in [1.807, 2.05) is 24.3 Å². The minimum Gasteiger partial charge on any atom is -0.299 e. The summed E-state index contributed by atoms with van der Waals surface area (Å²) in [7, 11) is 0. The zero-order valence-corrected chi connectivity index (χ0v) is 13.0. The van der Waals surface area contributed by atoms with Crippen molar-refractivity contribution in [3.05, 3.63) is 71.8 Å². The first kappa shape index (κ1) is 13.4. The number of hydrogen-bond acceptors (Lipinski definition) is 2. The second-order valence-corrected chi connectivity index (χ2v) is 6.57. The van der Waals surface area contributed by atoms with Gasteiger partial charge in [0.25, 0.3) is 0 Å². The fourth-order valence-electron chi connectivity index (χ4n) is 3.75. The van der Waals surface area contributed by atoms with Crippen molar-refractivity contribution in [2.75, 3.05) is 0 Å². The van der Waals surface area contributed by atoms with E-state index in [-0.39, 0.29) is 18.0 Å². The lowest BCUT2D eigenvalue weighted by atomic mass is 9.87. The number of rotatable bonds is 0. The average Bonchev–Trinajstić information content (AvgIpc) is 2.56. The van der Waals surface area contributed by atoms with Gasteiger partial charge < -0.3 is 0 Å². The summed E-state index contributed by atoms with van der Waals surface area (Å²) in [5.41, 5.74) is 1.58. The maximum atomic E-state index is 12.2. The molecule has 24 heavy (non-hydrogen) atoms. The highest BCUT2D eigenvalue weighted by Crippen LogP contribution is 2.31. The van der Waals surface area contributed by atoms with Crippen LogP contribution in [0.4, 0.5) is 0 Å². The quantitative estimate of drug-likeness (QED) is 0.344. The summed E-state index contributed by atoms with van der Waals surface area (Å²) in [6, 6.07) is 21.0. The van der Waals surface area contributed by atoms with Crippen LogP contribution >= 0.6 is 0 Å². The molecular weight excluding hydrogens is 296 g/mol. The van der Waals surface area contributed by atoms with E-state index in [1.165, 1.54) is 21.5 Å². The molecular formula is C22H14O2.